The largest absolute Gasteiger partial charge is 0.496 e. The Kier molecular flexibility index (Phi) is 8.32. The van der Waals surface area contributed by atoms with E-state index in [4.69, 9.17) is 15.2 Å². The first-order chi connectivity index (χ1) is 19.1. The van der Waals surface area contributed by atoms with E-state index in [0.29, 0.717) is 32.2 Å². The van der Waals surface area contributed by atoms with E-state index in [1.54, 1.807) is 0 Å². The fraction of sp³-hybridized carbons (Fsp3) is 0.733. The lowest BCUT2D eigenvalue weighted by molar-refractivity contribution is -0.128. The molecule has 1 unspecified atom stereocenters. The maximum atomic E-state index is 15.0. The van der Waals surface area contributed by atoms with Crippen molar-refractivity contribution >= 4 is 11.8 Å². The first kappa shape index (κ1) is 29.1. The summed E-state index contributed by atoms with van der Waals surface area (Å²) in [5.74, 6) is -0.574. The Morgan fingerprint density at radius 3 is 2.42 bits per heavy atom. The molecule has 1 aromatic carbocycles. The molecule has 4 aliphatic carbocycles. The topological polar surface area (TPSA) is 135 Å². The van der Waals surface area contributed by atoms with E-state index in [2.05, 4.69) is 23.0 Å². The fourth-order valence-corrected chi connectivity index (χ4v) is 7.47. The zero-order chi connectivity index (χ0) is 28.7. The van der Waals surface area contributed by atoms with Gasteiger partial charge in [-0.3, -0.25) is 9.59 Å². The Morgan fingerprint density at radius 1 is 1.10 bits per heavy atom. The monoisotopic (exact) mass is 560 g/mol. The molecule has 6 N–H and O–H groups in total. The summed E-state index contributed by atoms with van der Waals surface area (Å²) in [6, 6.07) is 2.34. The summed E-state index contributed by atoms with van der Waals surface area (Å²) in [5.41, 5.74) is 8.23. The Labute approximate surface area is 236 Å². The molecule has 1 aromatic rings. The van der Waals surface area contributed by atoms with E-state index in [-0.39, 0.29) is 69.6 Å². The minimum atomic E-state index is -0.600. The summed E-state index contributed by atoms with van der Waals surface area (Å²) in [6.45, 7) is 4.89. The molecule has 0 heterocycles. The number of halogens is 1. The minimum Gasteiger partial charge on any atom is -0.496 e. The van der Waals surface area contributed by atoms with Gasteiger partial charge in [0.05, 0.1) is 30.9 Å². The van der Waals surface area contributed by atoms with Crippen LogP contribution in [0.1, 0.15) is 88.4 Å². The third-order valence-electron chi connectivity index (χ3n) is 10.5. The lowest BCUT2D eigenvalue weighted by Crippen LogP contribution is -2.51. The van der Waals surface area contributed by atoms with E-state index in [1.807, 2.05) is 6.92 Å². The number of hydrogen-bond acceptors (Lipinski definition) is 7. The summed E-state index contributed by atoms with van der Waals surface area (Å²) in [4.78, 5) is 26.9. The average Bonchev–Trinajstić information content (AvgIpc) is 3.54. The molecular weight excluding hydrogens is 515 g/mol. The van der Waals surface area contributed by atoms with Crippen LogP contribution >= 0.6 is 0 Å². The molecule has 4 aliphatic rings. The van der Waals surface area contributed by atoms with Crippen LogP contribution in [0.4, 0.5) is 4.39 Å². The van der Waals surface area contributed by atoms with Gasteiger partial charge in [0.25, 0.3) is 5.91 Å². The van der Waals surface area contributed by atoms with Crippen molar-refractivity contribution in [3.05, 3.63) is 23.5 Å². The van der Waals surface area contributed by atoms with E-state index in [0.717, 1.165) is 32.1 Å². The minimum absolute atomic E-state index is 0.000104. The van der Waals surface area contributed by atoms with Crippen molar-refractivity contribution in [3.8, 4) is 11.5 Å². The quantitative estimate of drug-likeness (QED) is 0.217. The maximum absolute atomic E-state index is 15.0. The second-order valence-corrected chi connectivity index (χ2v) is 13.3. The van der Waals surface area contributed by atoms with Crippen molar-refractivity contribution in [2.45, 2.75) is 96.4 Å². The number of benzene rings is 1. The number of amides is 2. The molecule has 0 radical (unpaired) electrons. The van der Waals surface area contributed by atoms with E-state index in [9.17, 15) is 14.8 Å². The second kappa shape index (κ2) is 11.4. The number of carbonyl (C=O) groups is 2. The highest BCUT2D eigenvalue weighted by atomic mass is 19.1. The summed E-state index contributed by atoms with van der Waals surface area (Å²) < 4.78 is 26.4. The zero-order valence-electron chi connectivity index (χ0n) is 23.9. The van der Waals surface area contributed by atoms with Gasteiger partial charge in [0.15, 0.2) is 11.6 Å². The van der Waals surface area contributed by atoms with Crippen molar-refractivity contribution in [2.24, 2.45) is 34.3 Å². The van der Waals surface area contributed by atoms with Gasteiger partial charge >= 0.3 is 0 Å². The molecular formula is C30H45FN4O5. The first-order valence-corrected chi connectivity index (χ1v) is 14.8. The van der Waals surface area contributed by atoms with Gasteiger partial charge in [-0.05, 0) is 86.5 Å². The number of hydrogen-bond donors (Lipinski definition) is 5. The number of ether oxygens (including phenoxy) is 2. The molecule has 40 heavy (non-hydrogen) atoms. The molecule has 2 bridgehead atoms. The molecule has 4 fully saturated rings. The molecule has 5 atom stereocenters. The summed E-state index contributed by atoms with van der Waals surface area (Å²) in [6.07, 6.45) is 8.28. The highest BCUT2D eigenvalue weighted by molar-refractivity contribution is 5.98. The second-order valence-electron chi connectivity index (χ2n) is 13.3. The van der Waals surface area contributed by atoms with Crippen molar-refractivity contribution in [1.29, 1.82) is 0 Å². The van der Waals surface area contributed by atoms with Crippen LogP contribution in [0, 0.1) is 34.4 Å². The van der Waals surface area contributed by atoms with Crippen molar-refractivity contribution < 1.29 is 28.7 Å². The van der Waals surface area contributed by atoms with Crippen LogP contribution in [0.25, 0.3) is 0 Å². The lowest BCUT2D eigenvalue weighted by atomic mass is 9.70. The van der Waals surface area contributed by atoms with Crippen LogP contribution in [0.5, 0.6) is 11.5 Å². The molecule has 9 nitrogen and oxygen atoms in total. The molecule has 222 valence electrons. The van der Waals surface area contributed by atoms with Crippen LogP contribution < -0.4 is 31.3 Å². The van der Waals surface area contributed by atoms with Gasteiger partial charge in [0.1, 0.15) is 5.75 Å². The van der Waals surface area contributed by atoms with Gasteiger partial charge < -0.3 is 31.0 Å². The van der Waals surface area contributed by atoms with Crippen LogP contribution in [-0.2, 0) is 4.79 Å². The van der Waals surface area contributed by atoms with Crippen LogP contribution in [0.2, 0.25) is 0 Å². The van der Waals surface area contributed by atoms with Crippen LogP contribution in [0.15, 0.2) is 12.1 Å². The van der Waals surface area contributed by atoms with Crippen LogP contribution in [-0.4, -0.2) is 49.0 Å². The molecule has 0 aromatic heterocycles. The normalized spacial score (nSPS) is 33.1. The SMILES string of the molecule is COc1cc(F)c(OC2CCC(C)(C(N)NO)CC2)cc1C(=O)N[C@@H]1[C@H]2CC[C@H](C2)[C@@H]1C(=O)NCC1(C)CCC1. The highest BCUT2D eigenvalue weighted by Gasteiger charge is 2.51. The average molecular weight is 561 g/mol. The van der Waals surface area contributed by atoms with E-state index in [1.165, 1.54) is 25.7 Å². The van der Waals surface area contributed by atoms with Crippen LogP contribution in [0.3, 0.4) is 0 Å². The summed E-state index contributed by atoms with van der Waals surface area (Å²) >= 11 is 0. The Morgan fingerprint density at radius 2 is 1.80 bits per heavy atom. The van der Waals surface area contributed by atoms with Crippen molar-refractivity contribution in [2.75, 3.05) is 13.7 Å². The summed E-state index contributed by atoms with van der Waals surface area (Å²) in [5, 5.41) is 15.6. The molecule has 10 heteroatoms. The fourth-order valence-electron chi connectivity index (χ4n) is 7.47. The number of hydroxylamine groups is 1. The smallest absolute Gasteiger partial charge is 0.255 e. The number of carbonyl (C=O) groups excluding carboxylic acids is 2. The Balaban J connectivity index is 1.27. The zero-order valence-corrected chi connectivity index (χ0v) is 23.9. The van der Waals surface area contributed by atoms with E-state index < -0.39 is 12.0 Å². The Bertz CT molecular complexity index is 1100. The number of fused-ring (bicyclic) bond motifs is 2. The Hall–Kier alpha value is -2.43. The predicted molar refractivity (Wildman–Crippen MR) is 147 cm³/mol. The number of nitrogens with two attached hydrogens (primary N) is 1. The summed E-state index contributed by atoms with van der Waals surface area (Å²) in [7, 11) is 1.40. The first-order valence-electron chi connectivity index (χ1n) is 14.8. The molecule has 0 aliphatic heterocycles. The molecule has 4 saturated carbocycles. The van der Waals surface area contributed by atoms with Gasteiger partial charge in [-0.25, -0.2) is 4.39 Å². The van der Waals surface area contributed by atoms with E-state index >= 15 is 4.39 Å². The predicted octanol–water partition coefficient (Wildman–Crippen LogP) is 3.88. The highest BCUT2D eigenvalue weighted by Crippen LogP contribution is 2.49. The molecule has 2 amide bonds. The molecule has 0 saturated heterocycles. The molecule has 5 rings (SSSR count). The van der Waals surface area contributed by atoms with Crippen molar-refractivity contribution in [3.63, 3.8) is 0 Å². The number of methoxy groups -OCH3 is 1. The third kappa shape index (κ3) is 5.67. The van der Waals surface area contributed by atoms with Gasteiger partial charge in [0.2, 0.25) is 5.91 Å². The lowest BCUT2D eigenvalue weighted by Gasteiger charge is -2.40. The van der Waals surface area contributed by atoms with Gasteiger partial charge in [-0.15, -0.1) is 0 Å². The van der Waals surface area contributed by atoms with Gasteiger partial charge in [-0.2, -0.15) is 5.48 Å². The van der Waals surface area contributed by atoms with Gasteiger partial charge in [0, 0.05) is 18.7 Å². The number of nitrogens with one attached hydrogen (secondary N) is 3. The third-order valence-corrected chi connectivity index (χ3v) is 10.5. The van der Waals surface area contributed by atoms with Gasteiger partial charge in [-0.1, -0.05) is 20.3 Å². The van der Waals surface area contributed by atoms with Crippen molar-refractivity contribution in [1.82, 2.24) is 16.1 Å². The maximum Gasteiger partial charge on any atom is 0.255 e. The molecule has 0 spiro atoms. The standard InChI is InChI=1S/C30H45FN4O5/c1-29(9-4-10-29)16-33-27(37)24-17-5-6-18(13-17)25(24)34-26(36)20-14-23(21(31)15-22(20)39-3)40-19-7-11-30(2,12-8-19)28(32)35-38/h14-15,17-19,24-25,28,35,38H,4-13,16,32H2,1-3H3,(H,33,37)(H,34,36)/t17-,18+,19?,24+,25-,28?,30?/m1/s1. The number of rotatable bonds is 10.